The summed E-state index contributed by atoms with van der Waals surface area (Å²) in [7, 11) is -3.67. The van der Waals surface area contributed by atoms with Gasteiger partial charge in [0.2, 0.25) is 15.9 Å². The first kappa shape index (κ1) is 21.3. The number of benzene rings is 3. The van der Waals surface area contributed by atoms with E-state index in [0.717, 1.165) is 21.3 Å². The normalized spacial score (nSPS) is 11.2. The largest absolute Gasteiger partial charge is 0.326 e. The van der Waals surface area contributed by atoms with Gasteiger partial charge in [-0.15, -0.1) is 0 Å². The Bertz CT molecular complexity index is 1190. The summed E-state index contributed by atoms with van der Waals surface area (Å²) in [5.41, 5.74) is 0.688. The van der Waals surface area contributed by atoms with E-state index in [1.165, 1.54) is 24.3 Å². The predicted molar refractivity (Wildman–Crippen MR) is 117 cm³/mol. The molecule has 8 nitrogen and oxygen atoms in total. The zero-order valence-electron chi connectivity index (χ0n) is 16.3. The Kier molecular flexibility index (Phi) is 6.31. The molecule has 0 unspecified atom stereocenters. The number of nitro benzene ring substituents is 1. The molecule has 0 aliphatic carbocycles. The second-order valence-electron chi connectivity index (χ2n) is 6.79. The molecule has 0 aromatic heterocycles. The average molecular weight is 427 g/mol. The van der Waals surface area contributed by atoms with E-state index in [0.29, 0.717) is 5.69 Å². The number of rotatable bonds is 8. The first-order chi connectivity index (χ1) is 14.3. The monoisotopic (exact) mass is 427 g/mol. The molecular weight excluding hydrogens is 406 g/mol. The van der Waals surface area contributed by atoms with Crippen LogP contribution < -0.4 is 9.62 Å². The van der Waals surface area contributed by atoms with Crippen LogP contribution in [0.1, 0.15) is 12.8 Å². The van der Waals surface area contributed by atoms with Crippen LogP contribution in [-0.4, -0.2) is 32.0 Å². The Morgan fingerprint density at radius 2 is 1.77 bits per heavy atom. The van der Waals surface area contributed by atoms with Gasteiger partial charge in [-0.2, -0.15) is 0 Å². The number of carbonyl (C=O) groups is 1. The van der Waals surface area contributed by atoms with Gasteiger partial charge in [0, 0.05) is 36.2 Å². The number of nitro groups is 1. The molecule has 3 aromatic rings. The van der Waals surface area contributed by atoms with Crippen LogP contribution in [0, 0.1) is 10.1 Å². The van der Waals surface area contributed by atoms with Gasteiger partial charge in [0.25, 0.3) is 5.69 Å². The van der Waals surface area contributed by atoms with Crippen molar-refractivity contribution in [2.24, 2.45) is 0 Å². The standard InChI is InChI=1S/C21H21N3O5S/c1-30(28,29)23(17-9-5-10-18(15-17)24(26)27)14-6-13-21(25)22-20-12-4-8-16-7-2-3-11-19(16)20/h2-5,7-12,15H,6,13-14H2,1H3,(H,22,25). The number of hydrogen-bond acceptors (Lipinski definition) is 5. The van der Waals surface area contributed by atoms with E-state index in [1.54, 1.807) is 0 Å². The van der Waals surface area contributed by atoms with Crippen molar-refractivity contribution >= 4 is 43.8 Å². The molecule has 0 saturated carbocycles. The molecular formula is C21H21N3O5S. The molecule has 3 rings (SSSR count). The third kappa shape index (κ3) is 5.12. The third-order valence-electron chi connectivity index (χ3n) is 4.56. The van der Waals surface area contributed by atoms with Gasteiger partial charge >= 0.3 is 0 Å². The summed E-state index contributed by atoms with van der Waals surface area (Å²) in [4.78, 5) is 22.8. The highest BCUT2D eigenvalue weighted by molar-refractivity contribution is 7.92. The molecule has 30 heavy (non-hydrogen) atoms. The molecule has 0 spiro atoms. The highest BCUT2D eigenvalue weighted by Gasteiger charge is 2.20. The van der Waals surface area contributed by atoms with E-state index in [1.807, 2.05) is 42.5 Å². The zero-order valence-corrected chi connectivity index (χ0v) is 17.1. The van der Waals surface area contributed by atoms with Gasteiger partial charge in [0.1, 0.15) is 0 Å². The molecule has 0 fully saturated rings. The highest BCUT2D eigenvalue weighted by Crippen LogP contribution is 2.25. The topological polar surface area (TPSA) is 110 Å². The fourth-order valence-corrected chi connectivity index (χ4v) is 4.14. The lowest BCUT2D eigenvalue weighted by Crippen LogP contribution is -2.31. The van der Waals surface area contributed by atoms with Gasteiger partial charge in [-0.25, -0.2) is 8.42 Å². The summed E-state index contributed by atoms with van der Waals surface area (Å²) in [6.07, 6.45) is 1.39. The summed E-state index contributed by atoms with van der Waals surface area (Å²) in [6.45, 7) is 0.0307. The summed E-state index contributed by atoms with van der Waals surface area (Å²) < 4.78 is 25.4. The van der Waals surface area contributed by atoms with Crippen LogP contribution in [0.4, 0.5) is 17.1 Å². The second kappa shape index (κ2) is 8.91. The molecule has 0 atom stereocenters. The molecule has 0 heterocycles. The third-order valence-corrected chi connectivity index (χ3v) is 5.75. The summed E-state index contributed by atoms with van der Waals surface area (Å²) in [6, 6.07) is 18.7. The number of sulfonamides is 1. The van der Waals surface area contributed by atoms with E-state index in [2.05, 4.69) is 5.32 Å². The number of carbonyl (C=O) groups excluding carboxylic acids is 1. The van der Waals surface area contributed by atoms with Gasteiger partial charge in [-0.1, -0.05) is 42.5 Å². The van der Waals surface area contributed by atoms with Crippen molar-refractivity contribution in [1.29, 1.82) is 0 Å². The minimum Gasteiger partial charge on any atom is -0.326 e. The molecule has 1 amide bonds. The summed E-state index contributed by atoms with van der Waals surface area (Å²) in [5.74, 6) is -0.237. The smallest absolute Gasteiger partial charge is 0.271 e. The Morgan fingerprint density at radius 1 is 1.07 bits per heavy atom. The second-order valence-corrected chi connectivity index (χ2v) is 8.70. The molecule has 9 heteroatoms. The van der Waals surface area contributed by atoms with Gasteiger partial charge in [0.15, 0.2) is 0 Å². The number of nitrogens with one attached hydrogen (secondary N) is 1. The van der Waals surface area contributed by atoms with Gasteiger partial charge < -0.3 is 5.32 Å². The first-order valence-electron chi connectivity index (χ1n) is 9.25. The van der Waals surface area contributed by atoms with E-state index >= 15 is 0 Å². The Morgan fingerprint density at radius 3 is 2.50 bits per heavy atom. The van der Waals surface area contributed by atoms with Crippen molar-refractivity contribution in [3.8, 4) is 0 Å². The van der Waals surface area contributed by atoms with E-state index in [4.69, 9.17) is 0 Å². The first-order valence-corrected chi connectivity index (χ1v) is 11.1. The number of fused-ring (bicyclic) bond motifs is 1. The fraction of sp³-hybridized carbons (Fsp3) is 0.190. The zero-order chi connectivity index (χ0) is 21.7. The lowest BCUT2D eigenvalue weighted by atomic mass is 10.1. The van der Waals surface area contributed by atoms with Crippen LogP contribution in [-0.2, 0) is 14.8 Å². The van der Waals surface area contributed by atoms with Crippen molar-refractivity contribution in [2.75, 3.05) is 22.4 Å². The van der Waals surface area contributed by atoms with Crippen molar-refractivity contribution < 1.29 is 18.1 Å². The SMILES string of the molecule is CS(=O)(=O)N(CCCC(=O)Nc1cccc2ccccc12)c1cccc([N+](=O)[O-])c1. The molecule has 0 saturated heterocycles. The van der Waals surface area contributed by atoms with Crippen LogP contribution in [0.5, 0.6) is 0 Å². The van der Waals surface area contributed by atoms with Crippen molar-refractivity contribution in [1.82, 2.24) is 0 Å². The Labute approximate surface area is 174 Å². The van der Waals surface area contributed by atoms with Gasteiger partial charge in [-0.3, -0.25) is 19.2 Å². The maximum atomic E-state index is 12.4. The molecule has 1 N–H and O–H groups in total. The number of hydrogen-bond donors (Lipinski definition) is 1. The maximum absolute atomic E-state index is 12.4. The molecule has 156 valence electrons. The Hall–Kier alpha value is -3.46. The van der Waals surface area contributed by atoms with Crippen molar-refractivity contribution in [3.63, 3.8) is 0 Å². The van der Waals surface area contributed by atoms with Crippen LogP contribution in [0.25, 0.3) is 10.8 Å². The molecule has 0 radical (unpaired) electrons. The summed E-state index contributed by atoms with van der Waals surface area (Å²) in [5, 5.41) is 15.8. The minimum atomic E-state index is -3.67. The lowest BCUT2D eigenvalue weighted by molar-refractivity contribution is -0.384. The van der Waals surface area contributed by atoms with Gasteiger partial charge in [0.05, 0.1) is 16.9 Å². The predicted octanol–water partition coefficient (Wildman–Crippen LogP) is 3.93. The lowest BCUT2D eigenvalue weighted by Gasteiger charge is -2.22. The van der Waals surface area contributed by atoms with Crippen LogP contribution in [0.15, 0.2) is 66.7 Å². The number of nitrogens with zero attached hydrogens (tertiary/aromatic N) is 2. The highest BCUT2D eigenvalue weighted by atomic mass is 32.2. The maximum Gasteiger partial charge on any atom is 0.271 e. The number of amides is 1. The minimum absolute atomic E-state index is 0.0307. The molecule has 0 aliphatic heterocycles. The summed E-state index contributed by atoms with van der Waals surface area (Å²) >= 11 is 0. The average Bonchev–Trinajstić information content (AvgIpc) is 2.70. The van der Waals surface area contributed by atoms with E-state index in [9.17, 15) is 23.3 Å². The quantitative estimate of drug-likeness (QED) is 0.433. The van der Waals surface area contributed by atoms with E-state index in [-0.39, 0.29) is 36.7 Å². The Balaban J connectivity index is 1.67. The fourth-order valence-electron chi connectivity index (χ4n) is 3.18. The van der Waals surface area contributed by atoms with E-state index < -0.39 is 14.9 Å². The number of anilines is 2. The number of non-ortho nitro benzene ring substituents is 1. The van der Waals surface area contributed by atoms with Crippen LogP contribution >= 0.6 is 0 Å². The molecule has 3 aromatic carbocycles. The van der Waals surface area contributed by atoms with Crippen molar-refractivity contribution in [3.05, 3.63) is 76.8 Å². The van der Waals surface area contributed by atoms with Crippen LogP contribution in [0.3, 0.4) is 0 Å². The molecule has 0 bridgehead atoms. The van der Waals surface area contributed by atoms with Crippen molar-refractivity contribution in [2.45, 2.75) is 12.8 Å². The van der Waals surface area contributed by atoms with Gasteiger partial charge in [-0.05, 0) is 23.9 Å². The molecule has 0 aliphatic rings. The van der Waals surface area contributed by atoms with Crippen LogP contribution in [0.2, 0.25) is 0 Å².